The minimum Gasteiger partial charge on any atom is -0.478 e. The third-order valence-corrected chi connectivity index (χ3v) is 3.89. The molecule has 2 aliphatic rings. The summed E-state index contributed by atoms with van der Waals surface area (Å²) in [5.41, 5.74) is 0.594. The minimum absolute atomic E-state index is 0.594. The molecular weight excluding hydrogens is 214 g/mol. The zero-order chi connectivity index (χ0) is 11.7. The lowest BCUT2D eigenvalue weighted by molar-refractivity contribution is 0.326. The summed E-state index contributed by atoms with van der Waals surface area (Å²) in [7, 11) is 0. The Morgan fingerprint density at radius 3 is 2.88 bits per heavy atom. The predicted molar refractivity (Wildman–Crippen MR) is 66.1 cm³/mol. The second-order valence-electron chi connectivity index (χ2n) is 5.16. The molecule has 0 saturated heterocycles. The molecule has 0 bridgehead atoms. The van der Waals surface area contributed by atoms with Crippen LogP contribution in [0.25, 0.3) is 0 Å². The first-order chi connectivity index (χ1) is 8.32. The fraction of sp³-hybridized carbons (Fsp3) is 0.692. The maximum Gasteiger partial charge on any atom is 0.218 e. The summed E-state index contributed by atoms with van der Waals surface area (Å²) in [5.74, 6) is 2.51. The van der Waals surface area contributed by atoms with Crippen molar-refractivity contribution in [3.8, 4) is 5.88 Å². The fourth-order valence-corrected chi connectivity index (χ4v) is 2.52. The summed E-state index contributed by atoms with van der Waals surface area (Å²) in [6.45, 7) is 3.66. The summed E-state index contributed by atoms with van der Waals surface area (Å²) in [6.07, 6.45) is 7.18. The second-order valence-corrected chi connectivity index (χ2v) is 5.16. The topological polar surface area (TPSA) is 47.0 Å². The average Bonchev–Trinajstić information content (AvgIpc) is 3.19. The Balaban J connectivity index is 1.59. The molecule has 0 spiro atoms. The molecule has 4 heteroatoms. The summed E-state index contributed by atoms with van der Waals surface area (Å²) < 4.78 is 5.36. The van der Waals surface area contributed by atoms with Gasteiger partial charge in [0.2, 0.25) is 5.88 Å². The van der Waals surface area contributed by atoms with Crippen LogP contribution in [0, 0.1) is 11.3 Å². The Morgan fingerprint density at radius 1 is 1.41 bits per heavy atom. The number of nitrogens with zero attached hydrogens (tertiary/aromatic N) is 2. The first kappa shape index (κ1) is 10.8. The highest BCUT2D eigenvalue weighted by molar-refractivity contribution is 5.38. The van der Waals surface area contributed by atoms with E-state index in [1.54, 1.807) is 6.33 Å². The van der Waals surface area contributed by atoms with E-state index in [-0.39, 0.29) is 0 Å². The predicted octanol–water partition coefficient (Wildman–Crippen LogP) is 2.48. The van der Waals surface area contributed by atoms with Crippen molar-refractivity contribution in [3.63, 3.8) is 0 Å². The smallest absolute Gasteiger partial charge is 0.218 e. The van der Waals surface area contributed by atoms with Crippen molar-refractivity contribution in [2.45, 2.75) is 32.6 Å². The van der Waals surface area contributed by atoms with Crippen LogP contribution in [0.1, 0.15) is 32.6 Å². The van der Waals surface area contributed by atoms with Gasteiger partial charge in [0.05, 0.1) is 6.61 Å². The van der Waals surface area contributed by atoms with Gasteiger partial charge in [-0.15, -0.1) is 0 Å². The van der Waals surface area contributed by atoms with Crippen molar-refractivity contribution in [1.82, 2.24) is 9.97 Å². The van der Waals surface area contributed by atoms with Crippen LogP contribution in [0.2, 0.25) is 0 Å². The molecule has 1 aromatic rings. The molecule has 92 valence electrons. The summed E-state index contributed by atoms with van der Waals surface area (Å²) in [5, 5.41) is 3.44. The van der Waals surface area contributed by atoms with E-state index in [0.717, 1.165) is 18.3 Å². The van der Waals surface area contributed by atoms with E-state index in [9.17, 15) is 0 Å². The summed E-state index contributed by atoms with van der Waals surface area (Å²) in [4.78, 5) is 8.29. The molecule has 2 saturated carbocycles. The molecule has 4 nitrogen and oxygen atoms in total. The largest absolute Gasteiger partial charge is 0.478 e. The van der Waals surface area contributed by atoms with Crippen molar-refractivity contribution < 1.29 is 4.74 Å². The van der Waals surface area contributed by atoms with Gasteiger partial charge in [0.25, 0.3) is 0 Å². The molecule has 3 rings (SSSR count). The molecule has 0 amide bonds. The van der Waals surface area contributed by atoms with Crippen molar-refractivity contribution in [1.29, 1.82) is 0 Å². The molecule has 2 fully saturated rings. The number of rotatable bonds is 6. The van der Waals surface area contributed by atoms with Crippen LogP contribution >= 0.6 is 0 Å². The third kappa shape index (κ3) is 2.35. The molecule has 17 heavy (non-hydrogen) atoms. The molecule has 0 atom stereocenters. The van der Waals surface area contributed by atoms with Crippen LogP contribution in [0.4, 0.5) is 5.82 Å². The van der Waals surface area contributed by atoms with Gasteiger partial charge in [-0.2, -0.15) is 0 Å². The van der Waals surface area contributed by atoms with Crippen molar-refractivity contribution in [2.75, 3.05) is 18.5 Å². The number of hydrogen-bond acceptors (Lipinski definition) is 4. The van der Waals surface area contributed by atoms with Crippen LogP contribution in [0.15, 0.2) is 12.4 Å². The Labute approximate surface area is 102 Å². The minimum atomic E-state index is 0.594. The van der Waals surface area contributed by atoms with Gasteiger partial charge in [-0.05, 0) is 43.9 Å². The van der Waals surface area contributed by atoms with Gasteiger partial charge in [0.1, 0.15) is 12.1 Å². The van der Waals surface area contributed by atoms with Gasteiger partial charge in [-0.25, -0.2) is 9.97 Å². The number of ether oxygens (including phenoxy) is 1. The Morgan fingerprint density at radius 2 is 2.24 bits per heavy atom. The standard InChI is InChI=1S/C13H19N3O/c1-2-17-12-7-11(15-9-16-12)14-8-13(5-6-13)10-3-4-10/h7,9-10H,2-6,8H2,1H3,(H,14,15,16). The monoisotopic (exact) mass is 233 g/mol. The fourth-order valence-electron chi connectivity index (χ4n) is 2.52. The summed E-state index contributed by atoms with van der Waals surface area (Å²) >= 11 is 0. The second kappa shape index (κ2) is 4.17. The lowest BCUT2D eigenvalue weighted by Gasteiger charge is -2.15. The van der Waals surface area contributed by atoms with Gasteiger partial charge < -0.3 is 10.1 Å². The zero-order valence-corrected chi connectivity index (χ0v) is 10.3. The first-order valence-electron chi connectivity index (χ1n) is 6.51. The van der Waals surface area contributed by atoms with E-state index in [1.165, 1.54) is 25.7 Å². The van der Waals surface area contributed by atoms with Gasteiger partial charge in [-0.3, -0.25) is 0 Å². The lowest BCUT2D eigenvalue weighted by atomic mass is 10.0. The van der Waals surface area contributed by atoms with Crippen LogP contribution in [-0.2, 0) is 0 Å². The third-order valence-electron chi connectivity index (χ3n) is 3.89. The number of nitrogens with one attached hydrogen (secondary N) is 1. The lowest BCUT2D eigenvalue weighted by Crippen LogP contribution is -2.18. The number of aromatic nitrogens is 2. The first-order valence-corrected chi connectivity index (χ1v) is 6.51. The molecule has 0 aromatic carbocycles. The maximum atomic E-state index is 5.36. The average molecular weight is 233 g/mol. The SMILES string of the molecule is CCOc1cc(NCC2(C3CC3)CC2)ncn1. The molecule has 1 N–H and O–H groups in total. The maximum absolute atomic E-state index is 5.36. The Kier molecular flexibility index (Phi) is 2.65. The molecule has 0 aliphatic heterocycles. The van der Waals surface area contributed by atoms with E-state index in [0.29, 0.717) is 17.9 Å². The van der Waals surface area contributed by atoms with Crippen LogP contribution in [0.3, 0.4) is 0 Å². The Bertz CT molecular complexity index is 399. The molecule has 0 radical (unpaired) electrons. The van der Waals surface area contributed by atoms with Crippen LogP contribution < -0.4 is 10.1 Å². The number of hydrogen-bond donors (Lipinski definition) is 1. The zero-order valence-electron chi connectivity index (χ0n) is 10.3. The van der Waals surface area contributed by atoms with E-state index in [1.807, 2.05) is 13.0 Å². The Hall–Kier alpha value is -1.32. The van der Waals surface area contributed by atoms with Gasteiger partial charge >= 0.3 is 0 Å². The highest BCUT2D eigenvalue weighted by Crippen LogP contribution is 2.61. The molecule has 1 aromatic heterocycles. The van der Waals surface area contributed by atoms with E-state index < -0.39 is 0 Å². The normalized spacial score (nSPS) is 21.0. The molecule has 1 heterocycles. The van der Waals surface area contributed by atoms with E-state index in [4.69, 9.17) is 4.74 Å². The highest BCUT2D eigenvalue weighted by atomic mass is 16.5. The van der Waals surface area contributed by atoms with Gasteiger partial charge in [-0.1, -0.05) is 0 Å². The van der Waals surface area contributed by atoms with Crippen molar-refractivity contribution in [2.24, 2.45) is 11.3 Å². The molecular formula is C13H19N3O. The highest BCUT2D eigenvalue weighted by Gasteiger charge is 2.53. The van der Waals surface area contributed by atoms with Gasteiger partial charge in [0.15, 0.2) is 0 Å². The van der Waals surface area contributed by atoms with E-state index in [2.05, 4.69) is 15.3 Å². The van der Waals surface area contributed by atoms with Crippen molar-refractivity contribution >= 4 is 5.82 Å². The van der Waals surface area contributed by atoms with E-state index >= 15 is 0 Å². The quantitative estimate of drug-likeness (QED) is 0.820. The van der Waals surface area contributed by atoms with Crippen LogP contribution in [0.5, 0.6) is 5.88 Å². The summed E-state index contributed by atoms with van der Waals surface area (Å²) in [6, 6.07) is 1.88. The van der Waals surface area contributed by atoms with Crippen LogP contribution in [-0.4, -0.2) is 23.1 Å². The number of anilines is 1. The molecule has 2 aliphatic carbocycles. The van der Waals surface area contributed by atoms with Crippen molar-refractivity contribution in [3.05, 3.63) is 12.4 Å². The molecule has 0 unspecified atom stereocenters. The van der Waals surface area contributed by atoms with Gasteiger partial charge in [0, 0.05) is 12.6 Å².